The molecule has 0 radical (unpaired) electrons. The lowest BCUT2D eigenvalue weighted by Crippen LogP contribution is -2.37. The Morgan fingerprint density at radius 2 is 1.69 bits per heavy atom. The van der Waals surface area contributed by atoms with Crippen LogP contribution >= 0.6 is 24.0 Å². The van der Waals surface area contributed by atoms with E-state index in [1.807, 2.05) is 36.4 Å². The number of thioether (sulfide) groups is 1. The van der Waals surface area contributed by atoms with Crippen LogP contribution in [0.1, 0.15) is 17.2 Å². The third-order valence-corrected chi connectivity index (χ3v) is 5.12. The Morgan fingerprint density at radius 1 is 1.08 bits per heavy atom. The summed E-state index contributed by atoms with van der Waals surface area (Å²) in [5, 5.41) is 9.64. The summed E-state index contributed by atoms with van der Waals surface area (Å²) in [6.07, 6.45) is 5.30. The Bertz CT molecular complexity index is 892. The number of carboxylic acid groups (broad SMARTS) is 1. The molecule has 0 aliphatic carbocycles. The van der Waals surface area contributed by atoms with Crippen LogP contribution in [0.15, 0.2) is 77.7 Å². The molecule has 1 fully saturated rings. The molecule has 1 N–H and O–H groups in total. The zero-order valence-electron chi connectivity index (χ0n) is 13.6. The summed E-state index contributed by atoms with van der Waals surface area (Å²) in [7, 11) is 0. The normalized spacial score (nSPS) is 17.2. The predicted molar refractivity (Wildman–Crippen MR) is 107 cm³/mol. The number of hydrogen-bond acceptors (Lipinski definition) is 4. The van der Waals surface area contributed by atoms with Crippen molar-refractivity contribution >= 4 is 46.3 Å². The van der Waals surface area contributed by atoms with Crippen LogP contribution in [0.5, 0.6) is 0 Å². The van der Waals surface area contributed by atoms with Crippen LogP contribution in [0, 0.1) is 0 Å². The molecule has 26 heavy (non-hydrogen) atoms. The SMILES string of the molecule is O=C(O)C(c1ccccc1)N1C(=O)/C(=C\C=C/c2ccccc2)SC1=S. The minimum Gasteiger partial charge on any atom is -0.479 e. The maximum atomic E-state index is 12.7. The summed E-state index contributed by atoms with van der Waals surface area (Å²) >= 11 is 6.39. The van der Waals surface area contributed by atoms with Gasteiger partial charge in [0.05, 0.1) is 4.91 Å². The zero-order valence-corrected chi connectivity index (χ0v) is 15.2. The van der Waals surface area contributed by atoms with Crippen LogP contribution in [-0.4, -0.2) is 26.2 Å². The second kappa shape index (κ2) is 8.12. The van der Waals surface area contributed by atoms with Gasteiger partial charge in [-0.2, -0.15) is 0 Å². The predicted octanol–water partition coefficient (Wildman–Crippen LogP) is 4.27. The molecule has 2 aromatic carbocycles. The van der Waals surface area contributed by atoms with Gasteiger partial charge in [0.25, 0.3) is 5.91 Å². The highest BCUT2D eigenvalue weighted by atomic mass is 32.2. The number of benzene rings is 2. The van der Waals surface area contributed by atoms with Crippen LogP contribution < -0.4 is 0 Å². The van der Waals surface area contributed by atoms with E-state index in [0.717, 1.165) is 17.3 Å². The molecular formula is C20H15NO3S2. The second-order valence-electron chi connectivity index (χ2n) is 5.50. The molecule has 1 aliphatic heterocycles. The molecule has 130 valence electrons. The minimum atomic E-state index is -1.13. The van der Waals surface area contributed by atoms with E-state index in [1.54, 1.807) is 42.5 Å². The summed E-state index contributed by atoms with van der Waals surface area (Å²) in [5.74, 6) is -1.51. The number of nitrogens with zero attached hydrogens (tertiary/aromatic N) is 1. The lowest BCUT2D eigenvalue weighted by molar-refractivity contribution is -0.145. The average Bonchev–Trinajstić information content (AvgIpc) is 2.91. The van der Waals surface area contributed by atoms with Gasteiger partial charge in [0.15, 0.2) is 6.04 Å². The van der Waals surface area contributed by atoms with Gasteiger partial charge in [-0.15, -0.1) is 0 Å². The highest BCUT2D eigenvalue weighted by molar-refractivity contribution is 8.26. The van der Waals surface area contributed by atoms with Crippen LogP contribution in [0.2, 0.25) is 0 Å². The van der Waals surface area contributed by atoms with E-state index in [1.165, 1.54) is 4.90 Å². The minimum absolute atomic E-state index is 0.241. The Morgan fingerprint density at radius 3 is 2.31 bits per heavy atom. The van der Waals surface area contributed by atoms with Gasteiger partial charge in [0.1, 0.15) is 4.32 Å². The molecule has 0 saturated carbocycles. The molecule has 3 rings (SSSR count). The Kier molecular flexibility index (Phi) is 5.65. The molecule has 1 unspecified atom stereocenters. The van der Waals surface area contributed by atoms with Gasteiger partial charge in [0.2, 0.25) is 0 Å². The molecule has 6 heteroatoms. The molecule has 2 aromatic rings. The van der Waals surface area contributed by atoms with Crippen LogP contribution in [0.4, 0.5) is 0 Å². The number of carboxylic acids is 1. The zero-order chi connectivity index (χ0) is 18.5. The van der Waals surface area contributed by atoms with Crippen molar-refractivity contribution in [1.82, 2.24) is 4.90 Å². The fourth-order valence-electron chi connectivity index (χ4n) is 2.56. The summed E-state index contributed by atoms with van der Waals surface area (Å²) in [4.78, 5) is 26.1. The molecule has 1 amide bonds. The fourth-order valence-corrected chi connectivity index (χ4v) is 3.83. The Hall–Kier alpha value is -2.70. The molecule has 0 aromatic heterocycles. The molecule has 0 bridgehead atoms. The van der Waals surface area contributed by atoms with Gasteiger partial charge >= 0.3 is 5.97 Å². The van der Waals surface area contributed by atoms with Crippen molar-refractivity contribution in [3.63, 3.8) is 0 Å². The maximum Gasteiger partial charge on any atom is 0.331 e. The summed E-state index contributed by atoms with van der Waals surface area (Å²) in [6, 6.07) is 17.2. The van der Waals surface area contributed by atoms with Crippen LogP contribution in [0.3, 0.4) is 0 Å². The quantitative estimate of drug-likeness (QED) is 0.619. The second-order valence-corrected chi connectivity index (χ2v) is 7.17. The highest BCUT2D eigenvalue weighted by Crippen LogP contribution is 2.37. The van der Waals surface area contributed by atoms with Gasteiger partial charge in [0, 0.05) is 0 Å². The van der Waals surface area contributed by atoms with Gasteiger partial charge in [-0.25, -0.2) is 4.79 Å². The Labute approximate surface area is 160 Å². The summed E-state index contributed by atoms with van der Waals surface area (Å²) in [6.45, 7) is 0. The van der Waals surface area contributed by atoms with Gasteiger partial charge in [-0.05, 0) is 17.2 Å². The van der Waals surface area contributed by atoms with Crippen molar-refractivity contribution < 1.29 is 14.7 Å². The number of allylic oxidation sites excluding steroid dienone is 2. The first-order valence-electron chi connectivity index (χ1n) is 7.84. The first-order chi connectivity index (χ1) is 12.6. The van der Waals surface area contributed by atoms with Crippen molar-refractivity contribution in [1.29, 1.82) is 0 Å². The number of carbonyl (C=O) groups is 2. The molecule has 1 aliphatic rings. The van der Waals surface area contributed by atoms with Crippen molar-refractivity contribution in [2.24, 2.45) is 0 Å². The standard InChI is InChI=1S/C20H15NO3S2/c22-18-16(13-7-10-14-8-3-1-4-9-14)26-20(25)21(18)17(19(23)24)15-11-5-2-6-12-15/h1-13,17H,(H,23,24)/b10-7-,16-13+. The van der Waals surface area contributed by atoms with Crippen molar-refractivity contribution in [2.75, 3.05) is 0 Å². The molecule has 1 saturated heterocycles. The maximum absolute atomic E-state index is 12.7. The van der Waals surface area contributed by atoms with E-state index in [9.17, 15) is 14.7 Å². The molecular weight excluding hydrogens is 366 g/mol. The van der Waals surface area contributed by atoms with E-state index >= 15 is 0 Å². The monoisotopic (exact) mass is 381 g/mol. The van der Waals surface area contributed by atoms with Crippen LogP contribution in [0.25, 0.3) is 6.08 Å². The fraction of sp³-hybridized carbons (Fsp3) is 0.0500. The number of aliphatic carboxylic acids is 1. The number of hydrogen-bond donors (Lipinski definition) is 1. The van der Waals surface area contributed by atoms with Crippen molar-refractivity contribution in [2.45, 2.75) is 6.04 Å². The van der Waals surface area contributed by atoms with E-state index < -0.39 is 17.9 Å². The largest absolute Gasteiger partial charge is 0.479 e. The molecule has 0 spiro atoms. The van der Waals surface area contributed by atoms with Crippen molar-refractivity contribution in [3.8, 4) is 0 Å². The van der Waals surface area contributed by atoms with Crippen LogP contribution in [-0.2, 0) is 9.59 Å². The van der Waals surface area contributed by atoms with Gasteiger partial charge in [-0.3, -0.25) is 9.69 Å². The van der Waals surface area contributed by atoms with E-state index in [-0.39, 0.29) is 4.32 Å². The third-order valence-electron chi connectivity index (χ3n) is 3.77. The molecule has 4 nitrogen and oxygen atoms in total. The third kappa shape index (κ3) is 3.92. The summed E-state index contributed by atoms with van der Waals surface area (Å²) < 4.78 is 0.241. The Balaban J connectivity index is 1.85. The lowest BCUT2D eigenvalue weighted by Gasteiger charge is -2.23. The van der Waals surface area contributed by atoms with E-state index in [4.69, 9.17) is 12.2 Å². The average molecular weight is 381 g/mol. The topological polar surface area (TPSA) is 57.6 Å². The number of carbonyl (C=O) groups excluding carboxylic acids is 1. The van der Waals surface area contributed by atoms with Crippen molar-refractivity contribution in [3.05, 3.63) is 88.8 Å². The van der Waals surface area contributed by atoms with Gasteiger partial charge in [-0.1, -0.05) is 96.8 Å². The first kappa shape index (κ1) is 18.1. The smallest absolute Gasteiger partial charge is 0.331 e. The molecule has 1 heterocycles. The summed E-state index contributed by atoms with van der Waals surface area (Å²) in [5.41, 5.74) is 1.52. The van der Waals surface area contributed by atoms with Gasteiger partial charge < -0.3 is 5.11 Å². The van der Waals surface area contributed by atoms with E-state index in [0.29, 0.717) is 10.5 Å². The lowest BCUT2D eigenvalue weighted by atomic mass is 10.1. The number of amides is 1. The molecule has 1 atom stereocenters. The van der Waals surface area contributed by atoms with E-state index in [2.05, 4.69) is 0 Å². The highest BCUT2D eigenvalue weighted by Gasteiger charge is 2.41. The number of rotatable bonds is 5. The first-order valence-corrected chi connectivity index (χ1v) is 9.07. The number of thiocarbonyl (C=S) groups is 1.